The summed E-state index contributed by atoms with van der Waals surface area (Å²) in [6.45, 7) is 5.71. The number of pyridine rings is 1. The zero-order valence-corrected chi connectivity index (χ0v) is 17.9. The van der Waals surface area contributed by atoms with Gasteiger partial charge < -0.3 is 14.6 Å². The second kappa shape index (κ2) is 9.71. The maximum absolute atomic E-state index is 12.5. The van der Waals surface area contributed by atoms with E-state index in [0.717, 1.165) is 6.20 Å². The van der Waals surface area contributed by atoms with E-state index in [-0.39, 0.29) is 34.3 Å². The van der Waals surface area contributed by atoms with Crippen molar-refractivity contribution in [2.45, 2.75) is 49.9 Å². The quantitative estimate of drug-likeness (QED) is 0.471. The Labute approximate surface area is 175 Å². The highest BCUT2D eigenvalue weighted by molar-refractivity contribution is 7.90. The molecule has 0 amide bonds. The molecule has 2 rings (SSSR count). The lowest BCUT2D eigenvalue weighted by Gasteiger charge is -2.19. The molecule has 1 aromatic heterocycles. The maximum atomic E-state index is 12.5. The van der Waals surface area contributed by atoms with Crippen LogP contribution in [0, 0.1) is 0 Å². The van der Waals surface area contributed by atoms with Crippen LogP contribution in [0.4, 0.5) is 0 Å². The van der Waals surface area contributed by atoms with Crippen molar-refractivity contribution in [1.29, 1.82) is 0 Å². The fourth-order valence-corrected chi connectivity index (χ4v) is 3.73. The summed E-state index contributed by atoms with van der Waals surface area (Å²) in [5.41, 5.74) is -0.278. The third kappa shape index (κ3) is 7.47. The van der Waals surface area contributed by atoms with E-state index < -0.39 is 21.4 Å². The highest BCUT2D eigenvalue weighted by Crippen LogP contribution is 2.20. The first-order valence-corrected chi connectivity index (χ1v) is 11.0. The number of carbonyl (C=O) groups excluding carboxylic acids is 1. The van der Waals surface area contributed by atoms with E-state index in [9.17, 15) is 18.0 Å². The number of carbonyl (C=O) groups is 2. The maximum Gasteiger partial charge on any atom is 0.337 e. The van der Waals surface area contributed by atoms with Gasteiger partial charge in [0, 0.05) is 12.6 Å². The second-order valence-corrected chi connectivity index (χ2v) is 9.60. The molecule has 0 aliphatic rings. The van der Waals surface area contributed by atoms with Crippen LogP contribution in [0.25, 0.3) is 0 Å². The molecule has 0 unspecified atom stereocenters. The normalized spacial score (nSPS) is 11.7. The van der Waals surface area contributed by atoms with Crippen LogP contribution in [0.2, 0.25) is 0 Å². The van der Waals surface area contributed by atoms with E-state index in [1.807, 2.05) is 0 Å². The van der Waals surface area contributed by atoms with Crippen LogP contribution in [0.5, 0.6) is 5.75 Å². The van der Waals surface area contributed by atoms with Crippen LogP contribution in [-0.2, 0) is 25.1 Å². The minimum Gasteiger partial charge on any atom is -0.494 e. The molecule has 0 saturated carbocycles. The Kier molecular flexibility index (Phi) is 7.55. The van der Waals surface area contributed by atoms with Gasteiger partial charge in [-0.1, -0.05) is 0 Å². The lowest BCUT2D eigenvalue weighted by atomic mass is 10.2. The third-order valence-corrected chi connectivity index (χ3v) is 5.47. The summed E-state index contributed by atoms with van der Waals surface area (Å²) >= 11 is 0. The van der Waals surface area contributed by atoms with Gasteiger partial charge in [-0.15, -0.1) is 0 Å². The predicted molar refractivity (Wildman–Crippen MR) is 109 cm³/mol. The van der Waals surface area contributed by atoms with Gasteiger partial charge in [0.05, 0.1) is 28.5 Å². The molecule has 0 saturated heterocycles. The molecule has 162 valence electrons. The molecule has 0 bridgehead atoms. The molecule has 1 N–H and O–H groups in total. The Bertz CT molecular complexity index is 976. The highest BCUT2D eigenvalue weighted by atomic mass is 32.2. The molecule has 9 heteroatoms. The second-order valence-electron chi connectivity index (χ2n) is 7.61. The number of ether oxygens (including phenoxy) is 2. The Morgan fingerprint density at radius 2 is 1.73 bits per heavy atom. The van der Waals surface area contributed by atoms with Crippen molar-refractivity contribution >= 4 is 21.8 Å². The average molecular weight is 435 g/mol. The van der Waals surface area contributed by atoms with Crippen molar-refractivity contribution in [2.75, 3.05) is 6.61 Å². The van der Waals surface area contributed by atoms with Crippen LogP contribution >= 0.6 is 0 Å². The molecule has 30 heavy (non-hydrogen) atoms. The van der Waals surface area contributed by atoms with Crippen LogP contribution in [0.1, 0.15) is 49.7 Å². The Balaban J connectivity index is 1.88. The summed E-state index contributed by atoms with van der Waals surface area (Å²) < 4.78 is 35.8. The highest BCUT2D eigenvalue weighted by Gasteiger charge is 2.17. The Hall–Kier alpha value is -2.94. The van der Waals surface area contributed by atoms with Crippen molar-refractivity contribution in [3.05, 3.63) is 53.9 Å². The summed E-state index contributed by atoms with van der Waals surface area (Å²) in [7, 11) is -3.64. The van der Waals surface area contributed by atoms with E-state index in [0.29, 0.717) is 18.8 Å². The first-order chi connectivity index (χ1) is 14.0. The largest absolute Gasteiger partial charge is 0.494 e. The van der Waals surface area contributed by atoms with Gasteiger partial charge in [0.1, 0.15) is 11.4 Å². The number of sulfone groups is 1. The van der Waals surface area contributed by atoms with Gasteiger partial charge in [-0.2, -0.15) is 0 Å². The number of benzene rings is 1. The minimum atomic E-state index is -3.64. The molecule has 0 spiro atoms. The first kappa shape index (κ1) is 23.3. The van der Waals surface area contributed by atoms with Gasteiger partial charge in [0.2, 0.25) is 0 Å². The van der Waals surface area contributed by atoms with E-state index in [1.54, 1.807) is 32.9 Å². The molecule has 0 radical (unpaired) electrons. The van der Waals surface area contributed by atoms with Crippen molar-refractivity contribution in [2.24, 2.45) is 0 Å². The van der Waals surface area contributed by atoms with Gasteiger partial charge in [0.15, 0.2) is 9.84 Å². The first-order valence-electron chi connectivity index (χ1n) is 9.32. The van der Waals surface area contributed by atoms with Crippen molar-refractivity contribution in [3.63, 3.8) is 0 Å². The van der Waals surface area contributed by atoms with Gasteiger partial charge in [-0.25, -0.2) is 13.2 Å². The molecule has 1 aromatic carbocycles. The van der Waals surface area contributed by atoms with Crippen LogP contribution in [-0.4, -0.2) is 42.7 Å². The number of rotatable bonds is 9. The molecule has 0 aliphatic carbocycles. The number of carboxylic acids is 1. The monoisotopic (exact) mass is 435 g/mol. The average Bonchev–Trinajstić information content (AvgIpc) is 2.64. The molecule has 2 aromatic rings. The van der Waals surface area contributed by atoms with Crippen molar-refractivity contribution in [3.8, 4) is 5.75 Å². The number of hydrogen-bond acceptors (Lipinski definition) is 7. The number of carboxylic acid groups (broad SMARTS) is 1. The van der Waals surface area contributed by atoms with E-state index in [1.165, 1.54) is 24.3 Å². The third-order valence-electron chi connectivity index (χ3n) is 3.81. The summed E-state index contributed by atoms with van der Waals surface area (Å²) in [6.07, 6.45) is 1.84. The minimum absolute atomic E-state index is 0.00989. The lowest BCUT2D eigenvalue weighted by Crippen LogP contribution is -2.23. The number of aromatic nitrogens is 1. The molecule has 0 fully saturated rings. The Morgan fingerprint density at radius 3 is 2.27 bits per heavy atom. The zero-order chi connectivity index (χ0) is 22.4. The van der Waals surface area contributed by atoms with E-state index >= 15 is 0 Å². The number of hydrogen-bond donors (Lipinski definition) is 1. The van der Waals surface area contributed by atoms with Crippen molar-refractivity contribution in [1.82, 2.24) is 4.98 Å². The fraction of sp³-hybridized carbons (Fsp3) is 0.381. The van der Waals surface area contributed by atoms with Gasteiger partial charge in [0.25, 0.3) is 0 Å². The number of nitrogens with zero attached hydrogens (tertiary/aromatic N) is 1. The fourth-order valence-electron chi connectivity index (χ4n) is 2.46. The van der Waals surface area contributed by atoms with Crippen LogP contribution in [0.3, 0.4) is 0 Å². The summed E-state index contributed by atoms with van der Waals surface area (Å²) in [5.74, 6) is -1.28. The van der Waals surface area contributed by atoms with Gasteiger partial charge >= 0.3 is 11.9 Å². The lowest BCUT2D eigenvalue weighted by molar-refractivity contribution is -0.155. The molecule has 0 aliphatic heterocycles. The summed E-state index contributed by atoms with van der Waals surface area (Å²) in [6, 6.07) is 8.65. The zero-order valence-electron chi connectivity index (χ0n) is 17.1. The summed E-state index contributed by atoms with van der Waals surface area (Å²) in [4.78, 5) is 26.5. The van der Waals surface area contributed by atoms with E-state index in [4.69, 9.17) is 14.6 Å². The smallest absolute Gasteiger partial charge is 0.337 e. The predicted octanol–water partition coefficient (Wildman–Crippen LogP) is 3.25. The number of esters is 1. The summed E-state index contributed by atoms with van der Waals surface area (Å²) in [5, 5.41) is 8.87. The molecule has 8 nitrogen and oxygen atoms in total. The molecular weight excluding hydrogens is 410 g/mol. The number of aromatic carboxylic acids is 1. The van der Waals surface area contributed by atoms with Gasteiger partial charge in [-0.05, 0) is 63.6 Å². The SMILES string of the molecule is CC(C)(C)OC(=O)CCCOc1ccc(S(=O)(=O)Cc2ccc(C(=O)O)cn2)cc1. The van der Waals surface area contributed by atoms with Crippen LogP contribution < -0.4 is 4.74 Å². The van der Waals surface area contributed by atoms with Crippen LogP contribution in [0.15, 0.2) is 47.5 Å². The molecule has 1 heterocycles. The molecule has 0 atom stereocenters. The topological polar surface area (TPSA) is 120 Å². The standard InChI is InChI=1S/C21H25NO7S/c1-21(2,3)29-19(23)5-4-12-28-17-8-10-18(11-9-17)30(26,27)14-16-7-6-15(13-22-16)20(24)25/h6-11,13H,4-5,12,14H2,1-3H3,(H,24,25). The van der Waals surface area contributed by atoms with Crippen molar-refractivity contribution < 1.29 is 32.6 Å². The molecular formula is C21H25NO7S. The Morgan fingerprint density at radius 1 is 1.07 bits per heavy atom. The van der Waals surface area contributed by atoms with E-state index in [2.05, 4.69) is 4.98 Å². The van der Waals surface area contributed by atoms with Gasteiger partial charge in [-0.3, -0.25) is 9.78 Å².